The number of aryl methyl sites for hydroxylation is 2. The Labute approximate surface area is 111 Å². The minimum Gasteiger partial charge on any atom is -0.384 e. The van der Waals surface area contributed by atoms with E-state index in [1.807, 2.05) is 32.9 Å². The molecule has 0 radical (unpaired) electrons. The van der Waals surface area contributed by atoms with Gasteiger partial charge in [0.05, 0.1) is 5.52 Å². The molecule has 1 heterocycles. The average molecular weight is 264 g/mol. The Kier molecular flexibility index (Phi) is 3.98. The van der Waals surface area contributed by atoms with Crippen LogP contribution in [0.2, 0.25) is 0 Å². The van der Waals surface area contributed by atoms with Crippen LogP contribution < -0.4 is 5.32 Å². The summed E-state index contributed by atoms with van der Waals surface area (Å²) in [6.45, 7) is 6.73. The monoisotopic (exact) mass is 264 g/mol. The molecule has 1 N–H and O–H groups in total. The number of rotatable bonds is 4. The molecule has 2 nitrogen and oxygen atoms in total. The maximum atomic E-state index is 12.9. The van der Waals surface area contributed by atoms with Gasteiger partial charge in [0.15, 0.2) is 0 Å². The predicted molar refractivity (Wildman–Crippen MR) is 75.0 cm³/mol. The van der Waals surface area contributed by atoms with E-state index in [4.69, 9.17) is 0 Å². The van der Waals surface area contributed by atoms with Gasteiger partial charge in [0.1, 0.15) is 5.69 Å². The average Bonchev–Trinajstić information content (AvgIpc) is 2.34. The highest BCUT2D eigenvalue weighted by Crippen LogP contribution is 2.30. The largest absolute Gasteiger partial charge is 0.384 e. The lowest BCUT2D eigenvalue weighted by atomic mass is 10.0. The van der Waals surface area contributed by atoms with Crippen molar-refractivity contribution in [2.24, 2.45) is 0 Å². The molecule has 4 heteroatoms. The van der Waals surface area contributed by atoms with Gasteiger partial charge in [-0.1, -0.05) is 13.0 Å². The number of nitrogens with zero attached hydrogens (tertiary/aromatic N) is 1. The molecule has 1 aromatic carbocycles. The Balaban J connectivity index is 2.67. The van der Waals surface area contributed by atoms with Crippen LogP contribution >= 0.6 is 0 Å². The third-order valence-corrected chi connectivity index (χ3v) is 3.06. The van der Waals surface area contributed by atoms with E-state index in [9.17, 15) is 8.78 Å². The number of aromatic nitrogens is 1. The Hall–Kier alpha value is -1.71. The Bertz CT molecular complexity index is 594. The Morgan fingerprint density at radius 2 is 1.95 bits per heavy atom. The molecule has 0 atom stereocenters. The van der Waals surface area contributed by atoms with Crippen LogP contribution in [0.4, 0.5) is 14.5 Å². The molecule has 0 amide bonds. The summed E-state index contributed by atoms with van der Waals surface area (Å²) in [4.78, 5) is 4.08. The molecule has 1 aromatic heterocycles. The smallest absolute Gasteiger partial charge is 0.280 e. The normalized spacial score (nSPS) is 11.3. The third-order valence-electron chi connectivity index (χ3n) is 3.06. The number of nitrogens with one attached hydrogen (secondary N) is 1. The van der Waals surface area contributed by atoms with Crippen LogP contribution in [0.25, 0.3) is 10.9 Å². The van der Waals surface area contributed by atoms with Gasteiger partial charge in [-0.05, 0) is 43.5 Å². The van der Waals surface area contributed by atoms with Crippen LogP contribution in [0.1, 0.15) is 36.6 Å². The topological polar surface area (TPSA) is 24.9 Å². The summed E-state index contributed by atoms with van der Waals surface area (Å²) in [7, 11) is 0. The second-order valence-corrected chi connectivity index (χ2v) is 4.80. The number of hydrogen-bond donors (Lipinski definition) is 1. The molecule has 0 unspecified atom stereocenters. The van der Waals surface area contributed by atoms with Crippen LogP contribution in [0, 0.1) is 13.8 Å². The minimum atomic E-state index is -2.55. The fourth-order valence-electron chi connectivity index (χ4n) is 2.29. The number of benzene rings is 1. The number of anilines is 1. The zero-order valence-corrected chi connectivity index (χ0v) is 11.4. The van der Waals surface area contributed by atoms with Crippen molar-refractivity contribution >= 4 is 16.6 Å². The first-order valence-corrected chi connectivity index (χ1v) is 6.47. The van der Waals surface area contributed by atoms with E-state index in [0.717, 1.165) is 35.2 Å². The van der Waals surface area contributed by atoms with E-state index in [2.05, 4.69) is 10.3 Å². The molecule has 0 saturated heterocycles. The summed E-state index contributed by atoms with van der Waals surface area (Å²) in [5.74, 6) is 0. The fraction of sp³-hybridized carbons (Fsp3) is 0.400. The van der Waals surface area contributed by atoms with Crippen LogP contribution in [-0.4, -0.2) is 11.5 Å². The van der Waals surface area contributed by atoms with E-state index in [0.29, 0.717) is 5.52 Å². The summed E-state index contributed by atoms with van der Waals surface area (Å²) in [5.41, 5.74) is 3.30. The number of halogens is 2. The molecular formula is C15H18F2N2. The zero-order chi connectivity index (χ0) is 14.0. The van der Waals surface area contributed by atoms with Gasteiger partial charge in [-0.3, -0.25) is 0 Å². The molecule has 2 rings (SSSR count). The SMILES string of the molecule is CCCNc1cc(C(F)F)nc2cc(C)cc(C)c12. The van der Waals surface area contributed by atoms with Gasteiger partial charge in [0.25, 0.3) is 6.43 Å². The van der Waals surface area contributed by atoms with Gasteiger partial charge in [0.2, 0.25) is 0 Å². The summed E-state index contributed by atoms with van der Waals surface area (Å²) < 4.78 is 25.8. The molecule has 0 spiro atoms. The van der Waals surface area contributed by atoms with Crippen molar-refractivity contribution in [3.05, 3.63) is 35.0 Å². The molecule has 0 aliphatic heterocycles. The van der Waals surface area contributed by atoms with Crippen LogP contribution in [0.15, 0.2) is 18.2 Å². The number of fused-ring (bicyclic) bond motifs is 1. The summed E-state index contributed by atoms with van der Waals surface area (Å²) in [6, 6.07) is 5.36. The predicted octanol–water partition coefficient (Wildman–Crippen LogP) is 4.61. The fourth-order valence-corrected chi connectivity index (χ4v) is 2.29. The second-order valence-electron chi connectivity index (χ2n) is 4.80. The van der Waals surface area contributed by atoms with Crippen molar-refractivity contribution in [1.29, 1.82) is 0 Å². The maximum absolute atomic E-state index is 12.9. The van der Waals surface area contributed by atoms with Crippen molar-refractivity contribution in [3.8, 4) is 0 Å². The summed E-state index contributed by atoms with van der Waals surface area (Å²) >= 11 is 0. The lowest BCUT2D eigenvalue weighted by molar-refractivity contribution is 0.146. The third kappa shape index (κ3) is 2.83. The van der Waals surface area contributed by atoms with Crippen LogP contribution in [0.5, 0.6) is 0 Å². The standard InChI is InChI=1S/C15H18F2N2/c1-4-5-18-11-8-13(15(16)17)19-12-7-9(2)6-10(3)14(11)12/h6-8,15H,4-5H2,1-3H3,(H,18,19). The lowest BCUT2D eigenvalue weighted by Crippen LogP contribution is -2.04. The molecule has 0 aliphatic carbocycles. The lowest BCUT2D eigenvalue weighted by Gasteiger charge is -2.13. The number of pyridine rings is 1. The first-order chi connectivity index (χ1) is 9.02. The van der Waals surface area contributed by atoms with Crippen LogP contribution in [-0.2, 0) is 0 Å². The van der Waals surface area contributed by atoms with E-state index in [-0.39, 0.29) is 5.69 Å². The molecule has 102 valence electrons. The molecule has 0 fully saturated rings. The maximum Gasteiger partial charge on any atom is 0.280 e. The van der Waals surface area contributed by atoms with Gasteiger partial charge in [-0.25, -0.2) is 13.8 Å². The van der Waals surface area contributed by atoms with Gasteiger partial charge >= 0.3 is 0 Å². The molecular weight excluding hydrogens is 246 g/mol. The van der Waals surface area contributed by atoms with Gasteiger partial charge in [0, 0.05) is 17.6 Å². The Morgan fingerprint density at radius 1 is 1.21 bits per heavy atom. The number of hydrogen-bond acceptors (Lipinski definition) is 2. The minimum absolute atomic E-state index is 0.170. The second kappa shape index (κ2) is 5.51. The summed E-state index contributed by atoms with van der Waals surface area (Å²) in [5, 5.41) is 4.15. The van der Waals surface area contributed by atoms with E-state index >= 15 is 0 Å². The van der Waals surface area contributed by atoms with Crippen molar-refractivity contribution < 1.29 is 8.78 Å². The van der Waals surface area contributed by atoms with E-state index in [1.165, 1.54) is 6.07 Å². The first-order valence-electron chi connectivity index (χ1n) is 6.47. The highest BCUT2D eigenvalue weighted by Gasteiger charge is 2.14. The molecule has 2 aromatic rings. The van der Waals surface area contributed by atoms with E-state index < -0.39 is 6.43 Å². The molecule has 19 heavy (non-hydrogen) atoms. The van der Waals surface area contributed by atoms with Crippen molar-refractivity contribution in [2.45, 2.75) is 33.6 Å². The quantitative estimate of drug-likeness (QED) is 0.872. The van der Waals surface area contributed by atoms with Crippen LogP contribution in [0.3, 0.4) is 0 Å². The zero-order valence-electron chi connectivity index (χ0n) is 11.4. The van der Waals surface area contributed by atoms with Crippen molar-refractivity contribution in [2.75, 3.05) is 11.9 Å². The van der Waals surface area contributed by atoms with Crippen molar-refractivity contribution in [1.82, 2.24) is 4.98 Å². The molecule has 0 bridgehead atoms. The highest BCUT2D eigenvalue weighted by molar-refractivity contribution is 5.94. The Morgan fingerprint density at radius 3 is 2.58 bits per heavy atom. The molecule has 0 saturated carbocycles. The van der Waals surface area contributed by atoms with Gasteiger partial charge < -0.3 is 5.32 Å². The van der Waals surface area contributed by atoms with Gasteiger partial charge in [-0.15, -0.1) is 0 Å². The van der Waals surface area contributed by atoms with Crippen molar-refractivity contribution in [3.63, 3.8) is 0 Å². The first kappa shape index (κ1) is 13.7. The van der Waals surface area contributed by atoms with Gasteiger partial charge in [-0.2, -0.15) is 0 Å². The highest BCUT2D eigenvalue weighted by atomic mass is 19.3. The number of alkyl halides is 2. The molecule has 0 aliphatic rings. The summed E-state index contributed by atoms with van der Waals surface area (Å²) in [6.07, 6.45) is -1.61. The van der Waals surface area contributed by atoms with E-state index in [1.54, 1.807) is 0 Å².